The second kappa shape index (κ2) is 10.4. The highest BCUT2D eigenvalue weighted by molar-refractivity contribution is 7.98. The van der Waals surface area contributed by atoms with E-state index in [4.69, 9.17) is 17.0 Å². The van der Waals surface area contributed by atoms with Gasteiger partial charge in [0.05, 0.1) is 12.8 Å². The van der Waals surface area contributed by atoms with Gasteiger partial charge in [-0.05, 0) is 61.8 Å². The zero-order valence-electron chi connectivity index (χ0n) is 16.1. The highest BCUT2D eigenvalue weighted by atomic mass is 32.2. The van der Waals surface area contributed by atoms with Gasteiger partial charge in [0, 0.05) is 29.8 Å². The number of aromatic nitrogens is 2. The van der Waals surface area contributed by atoms with Crippen LogP contribution in [0.1, 0.15) is 43.7 Å². The molecular weight excluding hydrogens is 390 g/mol. The average molecular weight is 416 g/mol. The molecule has 0 atom stereocenters. The summed E-state index contributed by atoms with van der Waals surface area (Å²) < 4.78 is 5.50. The molecule has 1 aromatic heterocycles. The van der Waals surface area contributed by atoms with Crippen LogP contribution in [0.3, 0.4) is 0 Å². The summed E-state index contributed by atoms with van der Waals surface area (Å²) in [6, 6.07) is 8.33. The van der Waals surface area contributed by atoms with E-state index in [1.165, 1.54) is 25.7 Å². The smallest absolute Gasteiger partial charge is 0.187 e. The molecule has 1 heterocycles. The van der Waals surface area contributed by atoms with Gasteiger partial charge < -0.3 is 10.1 Å². The van der Waals surface area contributed by atoms with Gasteiger partial charge in [0.2, 0.25) is 0 Å². The van der Waals surface area contributed by atoms with Gasteiger partial charge in [-0.3, -0.25) is 5.43 Å². The van der Waals surface area contributed by atoms with E-state index in [0.717, 1.165) is 27.7 Å². The van der Waals surface area contributed by atoms with E-state index in [-0.39, 0.29) is 0 Å². The lowest BCUT2D eigenvalue weighted by Crippen LogP contribution is -2.38. The molecular formula is C20H25N5OS2. The first-order chi connectivity index (χ1) is 13.7. The van der Waals surface area contributed by atoms with Crippen molar-refractivity contribution in [3.05, 3.63) is 47.8 Å². The first kappa shape index (κ1) is 20.5. The van der Waals surface area contributed by atoms with Gasteiger partial charge in [0.15, 0.2) is 10.3 Å². The molecule has 6 nitrogen and oxygen atoms in total. The Morgan fingerprint density at radius 1 is 1.29 bits per heavy atom. The number of benzene rings is 1. The van der Waals surface area contributed by atoms with E-state index in [1.807, 2.05) is 25.1 Å². The van der Waals surface area contributed by atoms with Gasteiger partial charge in [-0.1, -0.05) is 24.6 Å². The van der Waals surface area contributed by atoms with E-state index in [0.29, 0.717) is 16.9 Å². The number of thiocarbonyl (C=S) groups is 1. The van der Waals surface area contributed by atoms with Crippen LogP contribution in [0.4, 0.5) is 0 Å². The van der Waals surface area contributed by atoms with Crippen molar-refractivity contribution in [1.29, 1.82) is 0 Å². The van der Waals surface area contributed by atoms with Crippen LogP contribution in [0.5, 0.6) is 5.75 Å². The molecule has 2 N–H and O–H groups in total. The maximum atomic E-state index is 5.50. The lowest BCUT2D eigenvalue weighted by Gasteiger charge is -2.14. The van der Waals surface area contributed by atoms with Crippen LogP contribution in [0.15, 0.2) is 46.9 Å². The predicted octanol–water partition coefficient (Wildman–Crippen LogP) is 3.91. The Morgan fingerprint density at radius 3 is 2.75 bits per heavy atom. The van der Waals surface area contributed by atoms with Gasteiger partial charge in [-0.25, -0.2) is 9.97 Å². The largest absolute Gasteiger partial charge is 0.496 e. The minimum Gasteiger partial charge on any atom is -0.496 e. The number of methoxy groups -OCH3 is 1. The van der Waals surface area contributed by atoms with Crippen molar-refractivity contribution in [2.75, 3.05) is 7.11 Å². The molecule has 3 rings (SSSR count). The van der Waals surface area contributed by atoms with E-state index >= 15 is 0 Å². The van der Waals surface area contributed by atoms with Crippen LogP contribution in [0, 0.1) is 0 Å². The molecule has 2 aromatic rings. The quantitative estimate of drug-likeness (QED) is 0.234. The van der Waals surface area contributed by atoms with Crippen molar-refractivity contribution in [2.24, 2.45) is 5.10 Å². The zero-order valence-corrected chi connectivity index (χ0v) is 17.8. The maximum absolute atomic E-state index is 5.50. The number of rotatable bonds is 7. The molecule has 0 amide bonds. The van der Waals surface area contributed by atoms with Crippen molar-refractivity contribution < 1.29 is 4.74 Å². The topological polar surface area (TPSA) is 71.4 Å². The Hall–Kier alpha value is -2.19. The first-order valence-electron chi connectivity index (χ1n) is 9.33. The molecule has 28 heavy (non-hydrogen) atoms. The highest BCUT2D eigenvalue weighted by Crippen LogP contribution is 2.27. The first-order valence-corrected chi connectivity index (χ1v) is 10.7. The Kier molecular flexibility index (Phi) is 7.62. The minimum atomic E-state index is 0.473. The van der Waals surface area contributed by atoms with E-state index in [1.54, 1.807) is 31.3 Å². The van der Waals surface area contributed by atoms with Crippen LogP contribution in [0.25, 0.3) is 0 Å². The van der Waals surface area contributed by atoms with Crippen LogP contribution < -0.4 is 15.5 Å². The molecule has 1 fully saturated rings. The summed E-state index contributed by atoms with van der Waals surface area (Å²) in [6.07, 6.45) is 8.37. The lowest BCUT2D eigenvalue weighted by molar-refractivity contribution is 0.411. The van der Waals surface area contributed by atoms with Crippen molar-refractivity contribution in [1.82, 2.24) is 20.7 Å². The van der Waals surface area contributed by atoms with E-state index < -0.39 is 0 Å². The van der Waals surface area contributed by atoms with Gasteiger partial charge in [-0.15, -0.1) is 0 Å². The monoisotopic (exact) mass is 415 g/mol. The maximum Gasteiger partial charge on any atom is 0.187 e. The predicted molar refractivity (Wildman–Crippen MR) is 118 cm³/mol. The van der Waals surface area contributed by atoms with Crippen molar-refractivity contribution >= 4 is 34.8 Å². The minimum absolute atomic E-state index is 0.473. The number of hydrogen-bond acceptors (Lipinski definition) is 6. The highest BCUT2D eigenvalue weighted by Gasteiger charge is 2.15. The molecule has 1 aliphatic carbocycles. The number of hydrogen-bond donors (Lipinski definition) is 2. The fourth-order valence-electron chi connectivity index (χ4n) is 3.11. The number of nitrogens with zero attached hydrogens (tertiary/aromatic N) is 3. The number of ether oxygens (including phenoxy) is 1. The summed E-state index contributed by atoms with van der Waals surface area (Å²) in [4.78, 5) is 8.51. The van der Waals surface area contributed by atoms with Gasteiger partial charge in [0.1, 0.15) is 5.75 Å². The molecule has 0 aliphatic heterocycles. The van der Waals surface area contributed by atoms with Crippen LogP contribution >= 0.6 is 24.0 Å². The van der Waals surface area contributed by atoms with E-state index in [9.17, 15) is 0 Å². The zero-order chi connectivity index (χ0) is 19.8. The average Bonchev–Trinajstić information content (AvgIpc) is 3.24. The molecule has 8 heteroatoms. The molecule has 1 saturated carbocycles. The molecule has 0 saturated heterocycles. The lowest BCUT2D eigenvalue weighted by atomic mass is 10.1. The van der Waals surface area contributed by atoms with E-state index in [2.05, 4.69) is 31.9 Å². The summed E-state index contributed by atoms with van der Waals surface area (Å²) in [5, 5.41) is 9.09. The molecule has 0 bridgehead atoms. The van der Waals surface area contributed by atoms with Crippen LogP contribution in [0.2, 0.25) is 0 Å². The Bertz CT molecular complexity index is 823. The van der Waals surface area contributed by atoms with Crippen molar-refractivity contribution in [3.8, 4) is 5.75 Å². The summed E-state index contributed by atoms with van der Waals surface area (Å²) in [7, 11) is 1.68. The number of hydrazone groups is 1. The second-order valence-electron chi connectivity index (χ2n) is 6.61. The van der Waals surface area contributed by atoms with Gasteiger partial charge >= 0.3 is 0 Å². The summed E-state index contributed by atoms with van der Waals surface area (Å²) in [5.74, 6) is 1.55. The summed E-state index contributed by atoms with van der Waals surface area (Å²) in [6.45, 7) is 1.96. The number of nitrogens with one attached hydrogen (secondary N) is 2. The normalized spacial score (nSPS) is 14.7. The molecule has 1 aromatic carbocycles. The summed E-state index contributed by atoms with van der Waals surface area (Å²) in [5.41, 5.74) is 5.91. The third kappa shape index (κ3) is 5.90. The van der Waals surface area contributed by atoms with Crippen molar-refractivity contribution in [3.63, 3.8) is 0 Å². The molecule has 1 aliphatic rings. The van der Waals surface area contributed by atoms with Crippen LogP contribution in [-0.2, 0) is 5.75 Å². The molecule has 148 valence electrons. The molecule has 0 spiro atoms. The van der Waals surface area contributed by atoms with Crippen LogP contribution in [-0.4, -0.2) is 33.9 Å². The third-order valence-electron chi connectivity index (χ3n) is 4.61. The summed E-state index contributed by atoms with van der Waals surface area (Å²) >= 11 is 6.92. The molecule has 0 unspecified atom stereocenters. The van der Waals surface area contributed by atoms with Gasteiger partial charge in [-0.2, -0.15) is 5.10 Å². The standard InChI is InChI=1S/C20H25N5OS2/c1-14(24-25-19(27)23-17-6-3-4-7-17)15-8-9-18(26-2)16(12-15)13-28-20-21-10-5-11-22-20/h5,8-12,17H,3-4,6-7,13H2,1-2H3,(H2,23,25,27)/b24-14-. The number of thioether (sulfide) groups is 1. The van der Waals surface area contributed by atoms with Crippen molar-refractivity contribution in [2.45, 2.75) is 49.6 Å². The Labute approximate surface area is 175 Å². The fourth-order valence-corrected chi connectivity index (χ4v) is 4.10. The SMILES string of the molecule is COc1ccc(/C(C)=N\NC(=S)NC2CCCC2)cc1CSc1ncccn1. The second-order valence-corrected chi connectivity index (χ2v) is 7.96. The van der Waals surface area contributed by atoms with Gasteiger partial charge in [0.25, 0.3) is 0 Å². The fraction of sp³-hybridized carbons (Fsp3) is 0.400. The Morgan fingerprint density at radius 2 is 2.04 bits per heavy atom. The third-order valence-corrected chi connectivity index (χ3v) is 5.75. The Balaban J connectivity index is 1.64. The molecule has 0 radical (unpaired) electrons.